The van der Waals surface area contributed by atoms with Gasteiger partial charge in [-0.15, -0.1) is 0 Å². The molecule has 0 saturated carbocycles. The Balaban J connectivity index is 1.77. The van der Waals surface area contributed by atoms with Gasteiger partial charge in [0.15, 0.2) is 29.3 Å². The first-order valence-electron chi connectivity index (χ1n) is 7.78. The minimum atomic E-state index is -0.924. The Morgan fingerprint density at radius 3 is 2.00 bits per heavy atom. The van der Waals surface area contributed by atoms with Crippen LogP contribution in [-0.2, 0) is 9.47 Å². The summed E-state index contributed by atoms with van der Waals surface area (Å²) < 4.78 is 32.3. The molecule has 2 aliphatic heterocycles. The van der Waals surface area contributed by atoms with Crippen molar-refractivity contribution in [2.75, 3.05) is 27.8 Å². The highest BCUT2D eigenvalue weighted by Gasteiger charge is 2.27. The summed E-state index contributed by atoms with van der Waals surface area (Å²) in [6.07, 6.45) is -1.57. The number of aliphatic hydroxyl groups excluding tert-OH is 1. The van der Waals surface area contributed by atoms with Gasteiger partial charge in [0.1, 0.15) is 6.10 Å². The molecule has 0 aromatic heterocycles. The number of rotatable bonds is 5. The van der Waals surface area contributed by atoms with E-state index in [1.165, 1.54) is 14.2 Å². The first-order chi connectivity index (χ1) is 12.2. The third kappa shape index (κ3) is 2.76. The minimum absolute atomic E-state index is 0.142. The second kappa shape index (κ2) is 6.44. The first-order valence-corrected chi connectivity index (χ1v) is 7.78. The summed E-state index contributed by atoms with van der Waals surface area (Å²) in [4.78, 5) is 0. The smallest absolute Gasteiger partial charge is 0.231 e. The van der Waals surface area contributed by atoms with Crippen LogP contribution in [0.3, 0.4) is 0 Å². The van der Waals surface area contributed by atoms with Gasteiger partial charge in [0.2, 0.25) is 13.6 Å². The molecule has 2 aromatic rings. The van der Waals surface area contributed by atoms with E-state index in [1.54, 1.807) is 30.3 Å². The predicted molar refractivity (Wildman–Crippen MR) is 86.0 cm³/mol. The maximum absolute atomic E-state index is 11.0. The number of hydrogen-bond donors (Lipinski definition) is 1. The summed E-state index contributed by atoms with van der Waals surface area (Å²) in [6, 6.07) is 8.85. The molecule has 0 aliphatic carbocycles. The van der Waals surface area contributed by atoms with Crippen LogP contribution in [0.2, 0.25) is 0 Å². The lowest BCUT2D eigenvalue weighted by Crippen LogP contribution is -2.11. The molecule has 2 aromatic carbocycles. The summed E-state index contributed by atoms with van der Waals surface area (Å²) in [5, 5.41) is 11.0. The largest absolute Gasteiger partial charge is 0.454 e. The van der Waals surface area contributed by atoms with Crippen molar-refractivity contribution in [3.05, 3.63) is 47.0 Å². The third-order valence-corrected chi connectivity index (χ3v) is 4.27. The standard InChI is InChI=1S/C18H18O7/c1-20-18(21-2)12-7-16-15(24-9-25-16)6-11(12)17(19)10-3-4-13-14(5-10)23-8-22-13/h3-7,17-19H,8-9H2,1-2H3. The van der Waals surface area contributed by atoms with Crippen molar-refractivity contribution in [3.8, 4) is 23.0 Å². The molecule has 7 heteroatoms. The lowest BCUT2D eigenvalue weighted by molar-refractivity contribution is -0.107. The van der Waals surface area contributed by atoms with Crippen LogP contribution in [0, 0.1) is 0 Å². The van der Waals surface area contributed by atoms with Crippen LogP contribution in [0.25, 0.3) is 0 Å². The summed E-state index contributed by atoms with van der Waals surface area (Å²) in [7, 11) is 3.07. The van der Waals surface area contributed by atoms with Gasteiger partial charge in [0, 0.05) is 19.8 Å². The molecule has 132 valence electrons. The zero-order chi connectivity index (χ0) is 17.4. The fourth-order valence-corrected chi connectivity index (χ4v) is 3.03. The third-order valence-electron chi connectivity index (χ3n) is 4.27. The summed E-state index contributed by atoms with van der Waals surface area (Å²) in [5.41, 5.74) is 1.94. The van der Waals surface area contributed by atoms with E-state index in [0.717, 1.165) is 0 Å². The van der Waals surface area contributed by atoms with Crippen LogP contribution in [-0.4, -0.2) is 32.9 Å². The summed E-state index contributed by atoms with van der Waals surface area (Å²) in [6.45, 7) is 0.322. The van der Waals surface area contributed by atoms with Crippen molar-refractivity contribution in [1.29, 1.82) is 0 Å². The highest BCUT2D eigenvalue weighted by atomic mass is 16.7. The molecule has 2 aliphatic rings. The highest BCUT2D eigenvalue weighted by Crippen LogP contribution is 2.42. The van der Waals surface area contributed by atoms with Crippen molar-refractivity contribution >= 4 is 0 Å². The van der Waals surface area contributed by atoms with E-state index in [0.29, 0.717) is 39.7 Å². The molecule has 4 rings (SSSR count). The number of fused-ring (bicyclic) bond motifs is 2. The Hall–Kier alpha value is -2.48. The highest BCUT2D eigenvalue weighted by molar-refractivity contribution is 5.53. The maximum atomic E-state index is 11.0. The van der Waals surface area contributed by atoms with Gasteiger partial charge >= 0.3 is 0 Å². The van der Waals surface area contributed by atoms with Crippen molar-refractivity contribution < 1.29 is 33.5 Å². The number of aliphatic hydroxyl groups is 1. The van der Waals surface area contributed by atoms with Gasteiger partial charge in [-0.1, -0.05) is 6.07 Å². The molecule has 0 bridgehead atoms. The average molecular weight is 346 g/mol. The van der Waals surface area contributed by atoms with Gasteiger partial charge in [0.25, 0.3) is 0 Å². The molecule has 1 unspecified atom stereocenters. The van der Waals surface area contributed by atoms with Gasteiger partial charge in [-0.05, 0) is 35.4 Å². The normalized spacial score (nSPS) is 15.7. The lowest BCUT2D eigenvalue weighted by Gasteiger charge is -2.22. The quantitative estimate of drug-likeness (QED) is 0.834. The van der Waals surface area contributed by atoms with E-state index in [4.69, 9.17) is 28.4 Å². The topological polar surface area (TPSA) is 75.6 Å². The maximum Gasteiger partial charge on any atom is 0.231 e. The number of methoxy groups -OCH3 is 2. The van der Waals surface area contributed by atoms with Gasteiger partial charge < -0.3 is 33.5 Å². The Kier molecular flexibility index (Phi) is 4.12. The molecule has 1 N–H and O–H groups in total. The van der Waals surface area contributed by atoms with Crippen molar-refractivity contribution in [2.24, 2.45) is 0 Å². The van der Waals surface area contributed by atoms with Crippen LogP contribution in [0.5, 0.6) is 23.0 Å². The van der Waals surface area contributed by atoms with Crippen LogP contribution >= 0.6 is 0 Å². The molecule has 0 spiro atoms. The molecular weight excluding hydrogens is 328 g/mol. The fraction of sp³-hybridized carbons (Fsp3) is 0.333. The number of hydrogen-bond acceptors (Lipinski definition) is 7. The van der Waals surface area contributed by atoms with Gasteiger partial charge in [0.05, 0.1) is 0 Å². The van der Waals surface area contributed by atoms with Gasteiger partial charge in [-0.3, -0.25) is 0 Å². The molecule has 2 heterocycles. The zero-order valence-electron chi connectivity index (χ0n) is 13.9. The monoisotopic (exact) mass is 346 g/mol. The molecule has 0 amide bonds. The van der Waals surface area contributed by atoms with Crippen molar-refractivity contribution in [3.63, 3.8) is 0 Å². The lowest BCUT2D eigenvalue weighted by atomic mass is 9.95. The fourth-order valence-electron chi connectivity index (χ4n) is 3.03. The molecule has 0 saturated heterocycles. The van der Waals surface area contributed by atoms with E-state index in [9.17, 15) is 5.11 Å². The second-order valence-electron chi connectivity index (χ2n) is 5.65. The average Bonchev–Trinajstić information content (AvgIpc) is 3.29. The van der Waals surface area contributed by atoms with E-state index in [1.807, 2.05) is 0 Å². The zero-order valence-corrected chi connectivity index (χ0v) is 13.9. The van der Waals surface area contributed by atoms with E-state index >= 15 is 0 Å². The molecule has 25 heavy (non-hydrogen) atoms. The first kappa shape index (κ1) is 16.0. The summed E-state index contributed by atoms with van der Waals surface area (Å²) >= 11 is 0. The van der Waals surface area contributed by atoms with Gasteiger partial charge in [-0.2, -0.15) is 0 Å². The second-order valence-corrected chi connectivity index (χ2v) is 5.65. The Morgan fingerprint density at radius 1 is 0.800 bits per heavy atom. The molecule has 7 nitrogen and oxygen atoms in total. The van der Waals surface area contributed by atoms with Crippen molar-refractivity contribution in [1.82, 2.24) is 0 Å². The van der Waals surface area contributed by atoms with Gasteiger partial charge in [-0.25, -0.2) is 0 Å². The predicted octanol–water partition coefficient (Wildman–Crippen LogP) is 2.52. The molecular formula is C18H18O7. The number of ether oxygens (including phenoxy) is 6. The van der Waals surface area contributed by atoms with E-state index in [2.05, 4.69) is 0 Å². The summed E-state index contributed by atoms with van der Waals surface area (Å²) in [5.74, 6) is 2.43. The number of benzene rings is 2. The SMILES string of the molecule is COC(OC)c1cc2c(cc1C(O)c1ccc3c(c1)OCO3)OCO2. The molecule has 1 atom stereocenters. The Bertz CT molecular complexity index is 785. The van der Waals surface area contributed by atoms with Crippen LogP contribution in [0.1, 0.15) is 29.1 Å². The van der Waals surface area contributed by atoms with Crippen molar-refractivity contribution in [2.45, 2.75) is 12.4 Å². The molecule has 0 fully saturated rings. The molecule has 0 radical (unpaired) electrons. The Morgan fingerprint density at radius 2 is 1.36 bits per heavy atom. The van der Waals surface area contributed by atoms with E-state index < -0.39 is 12.4 Å². The van der Waals surface area contributed by atoms with Crippen LogP contribution < -0.4 is 18.9 Å². The van der Waals surface area contributed by atoms with Crippen LogP contribution in [0.15, 0.2) is 30.3 Å². The minimum Gasteiger partial charge on any atom is -0.454 e. The Labute approximate surface area is 144 Å². The van der Waals surface area contributed by atoms with Crippen LogP contribution in [0.4, 0.5) is 0 Å². The van der Waals surface area contributed by atoms with E-state index in [-0.39, 0.29) is 13.6 Å².